The number of carbonyl (C=O) groups is 1. The Morgan fingerprint density at radius 2 is 1.70 bits per heavy atom. The maximum Gasteiger partial charge on any atom is 0.261 e. The highest BCUT2D eigenvalue weighted by atomic mass is 16.5. The third-order valence-electron chi connectivity index (χ3n) is 6.34. The van der Waals surface area contributed by atoms with Crippen LogP contribution in [0.2, 0.25) is 0 Å². The summed E-state index contributed by atoms with van der Waals surface area (Å²) < 4.78 is 5.99. The first-order chi connectivity index (χ1) is 14.2. The van der Waals surface area contributed by atoms with Gasteiger partial charge in [0.1, 0.15) is 5.75 Å². The molecule has 1 aliphatic rings. The van der Waals surface area contributed by atoms with Crippen molar-refractivity contribution in [3.05, 3.63) is 58.7 Å². The predicted octanol–water partition coefficient (Wildman–Crippen LogP) is 5.49. The molecule has 0 bridgehead atoms. The Hall–Kier alpha value is -2.49. The van der Waals surface area contributed by atoms with Gasteiger partial charge in [0.05, 0.1) is 6.04 Å². The molecule has 4 heteroatoms. The van der Waals surface area contributed by atoms with Gasteiger partial charge in [0, 0.05) is 18.8 Å². The summed E-state index contributed by atoms with van der Waals surface area (Å²) in [5.41, 5.74) is 5.76. The normalized spacial score (nSPS) is 16.8. The number of nitrogens with zero attached hydrogens (tertiary/aromatic N) is 1. The molecule has 2 aromatic carbocycles. The van der Waals surface area contributed by atoms with Crippen molar-refractivity contribution in [1.82, 2.24) is 5.32 Å². The van der Waals surface area contributed by atoms with Gasteiger partial charge < -0.3 is 15.0 Å². The molecule has 1 saturated heterocycles. The van der Waals surface area contributed by atoms with E-state index >= 15 is 0 Å². The number of aryl methyl sites for hydroxylation is 2. The zero-order valence-corrected chi connectivity index (χ0v) is 19.3. The van der Waals surface area contributed by atoms with Crippen molar-refractivity contribution in [3.8, 4) is 5.75 Å². The predicted molar refractivity (Wildman–Crippen MR) is 124 cm³/mol. The molecule has 2 aromatic rings. The zero-order chi connectivity index (χ0) is 21.8. The van der Waals surface area contributed by atoms with Crippen molar-refractivity contribution < 1.29 is 9.53 Å². The molecule has 4 nitrogen and oxygen atoms in total. The highest BCUT2D eigenvalue weighted by molar-refractivity contribution is 5.81. The van der Waals surface area contributed by atoms with Gasteiger partial charge in [0.25, 0.3) is 5.91 Å². The van der Waals surface area contributed by atoms with Crippen molar-refractivity contribution in [2.45, 2.75) is 66.5 Å². The third kappa shape index (κ3) is 5.35. The standard InChI is InChI=1S/C26H36N2O2/c1-17-11-13-28(14-12-17)24-9-7-23(8-10-24)21(5)27-26(29)22(6)30-25-16-18(2)15-19(3)20(25)4/h7-10,15-17,21-22H,11-14H2,1-6H3,(H,27,29). The van der Waals surface area contributed by atoms with Gasteiger partial charge in [-0.25, -0.2) is 0 Å². The largest absolute Gasteiger partial charge is 0.481 e. The Bertz CT molecular complexity index is 867. The summed E-state index contributed by atoms with van der Waals surface area (Å²) in [7, 11) is 0. The molecule has 1 aliphatic heterocycles. The minimum absolute atomic E-state index is 0.0701. The summed E-state index contributed by atoms with van der Waals surface area (Å²) in [5.74, 6) is 1.51. The number of anilines is 1. The smallest absolute Gasteiger partial charge is 0.261 e. The molecule has 0 aliphatic carbocycles. The Kier molecular flexibility index (Phi) is 7.06. The number of hydrogen-bond donors (Lipinski definition) is 1. The molecule has 30 heavy (non-hydrogen) atoms. The molecule has 162 valence electrons. The lowest BCUT2D eigenvalue weighted by Gasteiger charge is -2.32. The maximum atomic E-state index is 12.7. The Labute approximate surface area is 181 Å². The molecule has 1 amide bonds. The quantitative estimate of drug-likeness (QED) is 0.687. The minimum Gasteiger partial charge on any atom is -0.481 e. The second-order valence-corrected chi connectivity index (χ2v) is 8.96. The molecular weight excluding hydrogens is 372 g/mol. The number of rotatable bonds is 6. The van der Waals surface area contributed by atoms with Gasteiger partial charge in [0.15, 0.2) is 6.10 Å². The van der Waals surface area contributed by atoms with Gasteiger partial charge in [-0.05, 0) is 93.8 Å². The number of carbonyl (C=O) groups excluding carboxylic acids is 1. The van der Waals surface area contributed by atoms with Crippen LogP contribution in [-0.2, 0) is 4.79 Å². The van der Waals surface area contributed by atoms with Crippen molar-refractivity contribution in [2.24, 2.45) is 5.92 Å². The van der Waals surface area contributed by atoms with E-state index in [1.807, 2.05) is 26.8 Å². The summed E-state index contributed by atoms with van der Waals surface area (Å²) in [4.78, 5) is 15.2. The van der Waals surface area contributed by atoms with E-state index in [0.717, 1.165) is 41.4 Å². The number of ether oxygens (including phenoxy) is 1. The van der Waals surface area contributed by atoms with E-state index in [1.54, 1.807) is 6.92 Å². The molecule has 1 fully saturated rings. The molecule has 0 spiro atoms. The molecule has 3 rings (SSSR count). The van der Waals surface area contributed by atoms with Crippen molar-refractivity contribution in [2.75, 3.05) is 18.0 Å². The number of nitrogens with one attached hydrogen (secondary N) is 1. The van der Waals surface area contributed by atoms with Crippen LogP contribution in [0.4, 0.5) is 5.69 Å². The first-order valence-corrected chi connectivity index (χ1v) is 11.1. The number of hydrogen-bond acceptors (Lipinski definition) is 3. The van der Waals surface area contributed by atoms with E-state index in [-0.39, 0.29) is 11.9 Å². The molecule has 1 N–H and O–H groups in total. The van der Waals surface area contributed by atoms with Crippen LogP contribution in [0.15, 0.2) is 36.4 Å². The lowest BCUT2D eigenvalue weighted by molar-refractivity contribution is -0.127. The lowest BCUT2D eigenvalue weighted by atomic mass is 9.98. The summed E-state index contributed by atoms with van der Waals surface area (Å²) in [6, 6.07) is 12.6. The maximum absolute atomic E-state index is 12.7. The van der Waals surface area contributed by atoms with E-state index in [9.17, 15) is 4.79 Å². The molecule has 0 radical (unpaired) electrons. The number of piperidine rings is 1. The SMILES string of the molecule is Cc1cc(C)c(C)c(OC(C)C(=O)NC(C)c2ccc(N3CCC(C)CC3)cc2)c1. The van der Waals surface area contributed by atoms with Gasteiger partial charge in [-0.15, -0.1) is 0 Å². The molecule has 0 aromatic heterocycles. The second-order valence-electron chi connectivity index (χ2n) is 8.96. The summed E-state index contributed by atoms with van der Waals surface area (Å²) >= 11 is 0. The van der Waals surface area contributed by atoms with Gasteiger partial charge in [-0.3, -0.25) is 4.79 Å². The summed E-state index contributed by atoms with van der Waals surface area (Å²) in [5, 5.41) is 3.09. The van der Waals surface area contributed by atoms with Crippen LogP contribution in [0, 0.1) is 26.7 Å². The molecule has 0 saturated carbocycles. The van der Waals surface area contributed by atoms with Crippen LogP contribution < -0.4 is 15.0 Å². The highest BCUT2D eigenvalue weighted by Crippen LogP contribution is 2.26. The van der Waals surface area contributed by atoms with Crippen molar-refractivity contribution >= 4 is 11.6 Å². The fourth-order valence-electron chi connectivity index (χ4n) is 4.02. The molecule has 2 atom stereocenters. The fraction of sp³-hybridized carbons (Fsp3) is 0.500. The van der Waals surface area contributed by atoms with Crippen molar-refractivity contribution in [1.29, 1.82) is 0 Å². The van der Waals surface area contributed by atoms with Gasteiger partial charge in [0.2, 0.25) is 0 Å². The minimum atomic E-state index is -0.554. The van der Waals surface area contributed by atoms with Crippen LogP contribution >= 0.6 is 0 Å². The monoisotopic (exact) mass is 408 g/mol. The Morgan fingerprint density at radius 3 is 2.33 bits per heavy atom. The summed E-state index contributed by atoms with van der Waals surface area (Å²) in [6.45, 7) is 14.5. The van der Waals surface area contributed by atoms with Gasteiger partial charge in [-0.1, -0.05) is 25.1 Å². The molecule has 2 unspecified atom stereocenters. The lowest BCUT2D eigenvalue weighted by Crippen LogP contribution is -2.38. The molecular formula is C26H36N2O2. The Morgan fingerprint density at radius 1 is 1.07 bits per heavy atom. The summed E-state index contributed by atoms with van der Waals surface area (Å²) in [6.07, 6.45) is 1.96. The van der Waals surface area contributed by atoms with E-state index in [1.165, 1.54) is 24.1 Å². The van der Waals surface area contributed by atoms with Crippen LogP contribution in [0.3, 0.4) is 0 Å². The molecule has 1 heterocycles. The fourth-order valence-corrected chi connectivity index (χ4v) is 4.02. The Balaban J connectivity index is 1.58. The van der Waals surface area contributed by atoms with Crippen molar-refractivity contribution in [3.63, 3.8) is 0 Å². The van der Waals surface area contributed by atoms with Crippen LogP contribution in [0.25, 0.3) is 0 Å². The third-order valence-corrected chi connectivity index (χ3v) is 6.34. The van der Waals surface area contributed by atoms with E-state index in [2.05, 4.69) is 54.4 Å². The van der Waals surface area contributed by atoms with E-state index < -0.39 is 6.10 Å². The number of amides is 1. The van der Waals surface area contributed by atoms with Crippen LogP contribution in [0.1, 0.15) is 61.9 Å². The first-order valence-electron chi connectivity index (χ1n) is 11.1. The zero-order valence-electron chi connectivity index (χ0n) is 19.3. The van der Waals surface area contributed by atoms with Crippen LogP contribution in [-0.4, -0.2) is 25.1 Å². The topological polar surface area (TPSA) is 41.6 Å². The van der Waals surface area contributed by atoms with E-state index in [4.69, 9.17) is 4.74 Å². The second kappa shape index (κ2) is 9.55. The van der Waals surface area contributed by atoms with Crippen LogP contribution in [0.5, 0.6) is 5.75 Å². The number of benzene rings is 2. The van der Waals surface area contributed by atoms with E-state index in [0.29, 0.717) is 0 Å². The average Bonchev–Trinajstić information content (AvgIpc) is 2.72. The van der Waals surface area contributed by atoms with Gasteiger partial charge in [-0.2, -0.15) is 0 Å². The highest BCUT2D eigenvalue weighted by Gasteiger charge is 2.20. The van der Waals surface area contributed by atoms with Gasteiger partial charge >= 0.3 is 0 Å². The first kappa shape index (κ1) is 22.2. The average molecular weight is 409 g/mol.